The first-order valence-corrected chi connectivity index (χ1v) is 12.1. The molecular weight excluding hydrogens is 432 g/mol. The summed E-state index contributed by atoms with van der Waals surface area (Å²) in [6.07, 6.45) is 0. The van der Waals surface area contributed by atoms with Gasteiger partial charge in [0.25, 0.3) is 0 Å². The lowest BCUT2D eigenvalue weighted by molar-refractivity contribution is -0.118. The Morgan fingerprint density at radius 1 is 1.07 bits per heavy atom. The van der Waals surface area contributed by atoms with Gasteiger partial charge in [0.15, 0.2) is 0 Å². The molecule has 1 aromatic carbocycles. The molecule has 0 bridgehead atoms. The van der Waals surface area contributed by atoms with E-state index in [9.17, 15) is 4.79 Å². The van der Waals surface area contributed by atoms with Gasteiger partial charge in [-0.2, -0.15) is 0 Å². The van der Waals surface area contributed by atoms with Crippen LogP contribution in [0, 0.1) is 13.8 Å². The number of rotatable bonds is 7. The van der Waals surface area contributed by atoms with E-state index in [1.807, 2.05) is 56.3 Å². The first-order chi connectivity index (χ1) is 14.6. The molecule has 1 amide bonds. The number of benzene rings is 1. The highest BCUT2D eigenvalue weighted by atomic mass is 32.2. The number of aromatic nitrogens is 3. The second-order valence-corrected chi connectivity index (χ2v) is 9.66. The first kappa shape index (κ1) is 20.7. The Labute approximate surface area is 187 Å². The predicted molar refractivity (Wildman–Crippen MR) is 125 cm³/mol. The van der Waals surface area contributed by atoms with Gasteiger partial charge in [0, 0.05) is 6.54 Å². The molecule has 3 aromatic heterocycles. The zero-order valence-corrected chi connectivity index (χ0v) is 19.0. The third-order valence-corrected chi connectivity index (χ3v) is 7.50. The molecule has 4 aromatic rings. The van der Waals surface area contributed by atoms with Crippen molar-refractivity contribution < 1.29 is 4.79 Å². The van der Waals surface area contributed by atoms with Gasteiger partial charge in [-0.25, -0.2) is 4.98 Å². The number of amides is 1. The second kappa shape index (κ2) is 9.51. The Bertz CT molecular complexity index is 1120. The SMILES string of the molecule is Cc1ccc(CNC(=O)CSc2ccc(-c3sc(-c4cccs4)nc3C)nn2)cc1. The van der Waals surface area contributed by atoms with Crippen LogP contribution in [-0.4, -0.2) is 26.8 Å². The standard InChI is InChI=1S/C22H20N4OS3/c1-14-5-7-16(8-6-14)12-23-19(27)13-29-20-10-9-17(25-26-20)21-15(2)24-22(30-21)18-4-3-11-28-18/h3-11H,12-13H2,1-2H3,(H,23,27). The largest absolute Gasteiger partial charge is 0.351 e. The van der Waals surface area contributed by atoms with Gasteiger partial charge in [0.2, 0.25) is 5.91 Å². The molecule has 0 saturated carbocycles. The molecule has 5 nitrogen and oxygen atoms in total. The van der Waals surface area contributed by atoms with Gasteiger partial charge in [0.05, 0.1) is 21.2 Å². The average molecular weight is 453 g/mol. The molecular formula is C22H20N4OS3. The Balaban J connectivity index is 1.33. The zero-order chi connectivity index (χ0) is 20.9. The van der Waals surface area contributed by atoms with E-state index in [1.165, 1.54) is 17.3 Å². The molecule has 3 heterocycles. The van der Waals surface area contributed by atoms with Crippen LogP contribution in [-0.2, 0) is 11.3 Å². The second-order valence-electron chi connectivity index (χ2n) is 6.72. The van der Waals surface area contributed by atoms with Crippen molar-refractivity contribution in [1.29, 1.82) is 0 Å². The van der Waals surface area contributed by atoms with Crippen molar-refractivity contribution in [3.05, 3.63) is 70.7 Å². The summed E-state index contributed by atoms with van der Waals surface area (Å²) < 4.78 is 0. The number of hydrogen-bond acceptors (Lipinski definition) is 7. The summed E-state index contributed by atoms with van der Waals surface area (Å²) in [4.78, 5) is 19.0. The van der Waals surface area contributed by atoms with Crippen LogP contribution in [0.1, 0.15) is 16.8 Å². The maximum atomic E-state index is 12.1. The van der Waals surface area contributed by atoms with Gasteiger partial charge in [-0.1, -0.05) is 47.7 Å². The number of carbonyl (C=O) groups is 1. The summed E-state index contributed by atoms with van der Waals surface area (Å²) in [6.45, 7) is 4.57. The molecule has 1 N–H and O–H groups in total. The number of thioether (sulfide) groups is 1. The van der Waals surface area contributed by atoms with Crippen molar-refractivity contribution in [2.75, 3.05) is 5.75 Å². The monoisotopic (exact) mass is 452 g/mol. The number of carbonyl (C=O) groups excluding carboxylic acids is 1. The lowest BCUT2D eigenvalue weighted by Crippen LogP contribution is -2.24. The van der Waals surface area contributed by atoms with Crippen molar-refractivity contribution in [2.45, 2.75) is 25.4 Å². The Kier molecular flexibility index (Phi) is 6.56. The van der Waals surface area contributed by atoms with Crippen LogP contribution in [0.2, 0.25) is 0 Å². The maximum Gasteiger partial charge on any atom is 0.230 e. The first-order valence-electron chi connectivity index (χ1n) is 9.39. The van der Waals surface area contributed by atoms with Gasteiger partial charge in [-0.15, -0.1) is 32.9 Å². The van der Waals surface area contributed by atoms with Crippen LogP contribution in [0.25, 0.3) is 20.5 Å². The van der Waals surface area contributed by atoms with Gasteiger partial charge in [0.1, 0.15) is 15.7 Å². The summed E-state index contributed by atoms with van der Waals surface area (Å²) >= 11 is 4.69. The molecule has 30 heavy (non-hydrogen) atoms. The Hall–Kier alpha value is -2.55. The van der Waals surface area contributed by atoms with Crippen molar-refractivity contribution in [3.63, 3.8) is 0 Å². The van der Waals surface area contributed by atoms with E-state index in [4.69, 9.17) is 0 Å². The van der Waals surface area contributed by atoms with E-state index >= 15 is 0 Å². The highest BCUT2D eigenvalue weighted by Gasteiger charge is 2.14. The van der Waals surface area contributed by atoms with E-state index in [0.29, 0.717) is 12.3 Å². The van der Waals surface area contributed by atoms with Crippen LogP contribution in [0.15, 0.2) is 58.9 Å². The van der Waals surface area contributed by atoms with E-state index in [2.05, 4.69) is 31.9 Å². The van der Waals surface area contributed by atoms with Crippen molar-refractivity contribution in [3.8, 4) is 20.5 Å². The Morgan fingerprint density at radius 3 is 2.60 bits per heavy atom. The highest BCUT2D eigenvalue weighted by molar-refractivity contribution is 7.99. The van der Waals surface area contributed by atoms with Crippen LogP contribution < -0.4 is 5.32 Å². The quantitative estimate of drug-likeness (QED) is 0.383. The van der Waals surface area contributed by atoms with Crippen LogP contribution in [0.5, 0.6) is 0 Å². The summed E-state index contributed by atoms with van der Waals surface area (Å²) in [5.74, 6) is 0.285. The third kappa shape index (κ3) is 5.13. The van der Waals surface area contributed by atoms with Gasteiger partial charge in [-0.05, 0) is 43.0 Å². The number of thiazole rings is 1. The molecule has 0 aliphatic rings. The fourth-order valence-electron chi connectivity index (χ4n) is 2.75. The summed E-state index contributed by atoms with van der Waals surface area (Å²) in [7, 11) is 0. The fraction of sp³-hybridized carbons (Fsp3) is 0.182. The smallest absolute Gasteiger partial charge is 0.230 e. The number of nitrogens with one attached hydrogen (secondary N) is 1. The van der Waals surface area contributed by atoms with Crippen LogP contribution >= 0.6 is 34.4 Å². The normalized spacial score (nSPS) is 10.9. The van der Waals surface area contributed by atoms with Crippen molar-refractivity contribution in [1.82, 2.24) is 20.5 Å². The molecule has 0 atom stereocenters. The highest BCUT2D eigenvalue weighted by Crippen LogP contribution is 2.36. The van der Waals surface area contributed by atoms with E-state index < -0.39 is 0 Å². The van der Waals surface area contributed by atoms with Crippen molar-refractivity contribution >= 4 is 40.3 Å². The molecule has 0 aliphatic heterocycles. The van der Waals surface area contributed by atoms with Gasteiger partial charge < -0.3 is 5.32 Å². The van der Waals surface area contributed by atoms with E-state index in [1.54, 1.807) is 22.7 Å². The van der Waals surface area contributed by atoms with Gasteiger partial charge >= 0.3 is 0 Å². The minimum atomic E-state index is -0.0228. The summed E-state index contributed by atoms with van der Waals surface area (Å²) in [5, 5.41) is 15.4. The number of thiophene rings is 1. The summed E-state index contributed by atoms with van der Waals surface area (Å²) in [6, 6.07) is 16.1. The maximum absolute atomic E-state index is 12.1. The summed E-state index contributed by atoms with van der Waals surface area (Å²) in [5.41, 5.74) is 4.05. The molecule has 152 valence electrons. The predicted octanol–water partition coefficient (Wildman–Crippen LogP) is 5.35. The lowest BCUT2D eigenvalue weighted by Gasteiger charge is -2.05. The average Bonchev–Trinajstić information content (AvgIpc) is 3.42. The molecule has 4 rings (SSSR count). The number of aryl methyl sites for hydroxylation is 2. The molecule has 8 heteroatoms. The van der Waals surface area contributed by atoms with E-state index in [0.717, 1.165) is 36.7 Å². The molecule has 0 radical (unpaired) electrons. The van der Waals surface area contributed by atoms with Gasteiger partial charge in [-0.3, -0.25) is 4.79 Å². The minimum absolute atomic E-state index is 0.0228. The molecule has 0 saturated heterocycles. The number of hydrogen-bond donors (Lipinski definition) is 1. The number of nitrogens with zero attached hydrogens (tertiary/aromatic N) is 3. The fourth-order valence-corrected chi connectivity index (χ4v) is 5.23. The van der Waals surface area contributed by atoms with Crippen LogP contribution in [0.4, 0.5) is 0 Å². The Morgan fingerprint density at radius 2 is 1.90 bits per heavy atom. The lowest BCUT2D eigenvalue weighted by atomic mass is 10.1. The third-order valence-electron chi connectivity index (χ3n) is 4.36. The van der Waals surface area contributed by atoms with Crippen molar-refractivity contribution in [2.24, 2.45) is 0 Å². The molecule has 0 aliphatic carbocycles. The molecule has 0 unspecified atom stereocenters. The van der Waals surface area contributed by atoms with Crippen LogP contribution in [0.3, 0.4) is 0 Å². The minimum Gasteiger partial charge on any atom is -0.351 e. The zero-order valence-electron chi connectivity index (χ0n) is 16.6. The molecule has 0 fully saturated rings. The molecule has 0 spiro atoms. The topological polar surface area (TPSA) is 67.8 Å². The van der Waals surface area contributed by atoms with E-state index in [-0.39, 0.29) is 5.91 Å².